The smallest absolute Gasteiger partial charge is 0.323 e. The molecule has 2 saturated heterocycles. The molecule has 0 amide bonds. The van der Waals surface area contributed by atoms with Gasteiger partial charge in [-0.1, -0.05) is 0 Å². The van der Waals surface area contributed by atoms with E-state index < -0.39 is 12.0 Å². The first-order chi connectivity index (χ1) is 6.53. The van der Waals surface area contributed by atoms with Gasteiger partial charge in [-0.2, -0.15) is 0 Å². The summed E-state index contributed by atoms with van der Waals surface area (Å²) in [7, 11) is 1.30. The van der Waals surface area contributed by atoms with Gasteiger partial charge in [-0.15, -0.1) is 0 Å². The predicted octanol–water partition coefficient (Wildman–Crippen LogP) is 1.03. The zero-order valence-electron chi connectivity index (χ0n) is 8.00. The molecule has 2 aliphatic heterocycles. The Hall–Kier alpha value is -0.710. The molecule has 80 valence electrons. The summed E-state index contributed by atoms with van der Waals surface area (Å²) in [5, 5.41) is 0. The van der Waals surface area contributed by atoms with Gasteiger partial charge in [-0.3, -0.25) is 9.69 Å². The number of hydrogen-bond acceptors (Lipinski definition) is 3. The molecule has 0 spiro atoms. The molecule has 2 heterocycles. The van der Waals surface area contributed by atoms with Crippen LogP contribution in [0.15, 0.2) is 0 Å². The van der Waals surface area contributed by atoms with Crippen LogP contribution >= 0.6 is 0 Å². The van der Waals surface area contributed by atoms with E-state index in [0.29, 0.717) is 12.8 Å². The fourth-order valence-corrected chi connectivity index (χ4v) is 2.46. The number of alkyl halides is 2. The first kappa shape index (κ1) is 9.83. The minimum absolute atomic E-state index is 0.111. The second kappa shape index (κ2) is 3.15. The van der Waals surface area contributed by atoms with E-state index in [1.165, 1.54) is 7.11 Å². The normalized spacial score (nSPS) is 35.6. The molecule has 5 heteroatoms. The zero-order chi connectivity index (χ0) is 10.3. The molecule has 2 atom stereocenters. The van der Waals surface area contributed by atoms with Gasteiger partial charge in [0.25, 0.3) is 5.92 Å². The molecule has 14 heavy (non-hydrogen) atoms. The summed E-state index contributed by atoms with van der Waals surface area (Å²) >= 11 is 0. The molecule has 0 aliphatic carbocycles. The van der Waals surface area contributed by atoms with Crippen molar-refractivity contribution in [2.45, 2.75) is 37.3 Å². The summed E-state index contributed by atoms with van der Waals surface area (Å²) in [6.45, 7) is -0.294. The molecule has 0 saturated carbocycles. The van der Waals surface area contributed by atoms with E-state index in [9.17, 15) is 13.6 Å². The van der Waals surface area contributed by atoms with Crippen LogP contribution in [0.5, 0.6) is 0 Å². The Balaban J connectivity index is 2.08. The summed E-state index contributed by atoms with van der Waals surface area (Å²) in [4.78, 5) is 12.8. The molecule has 0 bridgehead atoms. The van der Waals surface area contributed by atoms with Crippen LogP contribution < -0.4 is 0 Å². The number of nitrogens with zero attached hydrogens (tertiary/aromatic N) is 1. The van der Waals surface area contributed by atoms with Crippen LogP contribution in [0.2, 0.25) is 0 Å². The Morgan fingerprint density at radius 2 is 2.21 bits per heavy atom. The number of hydrogen-bond donors (Lipinski definition) is 0. The second-order valence-corrected chi connectivity index (χ2v) is 4.00. The Morgan fingerprint density at radius 3 is 2.86 bits per heavy atom. The lowest BCUT2D eigenvalue weighted by molar-refractivity contribution is -0.146. The molecule has 0 aromatic rings. The average Bonchev–Trinajstić information content (AvgIpc) is 2.58. The minimum Gasteiger partial charge on any atom is -0.468 e. The third kappa shape index (κ3) is 1.49. The molecular weight excluding hydrogens is 192 g/mol. The van der Waals surface area contributed by atoms with Crippen molar-refractivity contribution in [1.29, 1.82) is 0 Å². The van der Waals surface area contributed by atoms with Crippen molar-refractivity contribution in [2.75, 3.05) is 13.7 Å². The van der Waals surface area contributed by atoms with Crippen LogP contribution in [0.25, 0.3) is 0 Å². The Bertz CT molecular complexity index is 257. The molecule has 2 fully saturated rings. The van der Waals surface area contributed by atoms with Crippen LogP contribution in [0.4, 0.5) is 8.78 Å². The SMILES string of the molecule is COC(=O)C1CCC2CC(F)(F)CN21. The minimum atomic E-state index is -2.63. The standard InChI is InChI=1S/C9H13F2NO2/c1-14-8(13)7-3-2-6-4-9(10,11)5-12(6)7/h6-7H,2-5H2,1H3. The maximum Gasteiger partial charge on any atom is 0.323 e. The number of rotatable bonds is 1. The van der Waals surface area contributed by atoms with Gasteiger partial charge >= 0.3 is 5.97 Å². The van der Waals surface area contributed by atoms with Crippen LogP contribution in [0, 0.1) is 0 Å². The summed E-state index contributed by atoms with van der Waals surface area (Å²) in [6, 6.07) is -0.576. The van der Waals surface area contributed by atoms with Gasteiger partial charge in [0.15, 0.2) is 0 Å². The Morgan fingerprint density at radius 1 is 1.50 bits per heavy atom. The Labute approximate surface area is 81.0 Å². The maximum absolute atomic E-state index is 13.0. The van der Waals surface area contributed by atoms with E-state index >= 15 is 0 Å². The third-order valence-corrected chi connectivity index (χ3v) is 3.06. The first-order valence-electron chi connectivity index (χ1n) is 4.75. The summed E-state index contributed by atoms with van der Waals surface area (Å²) in [5.74, 6) is -3.01. The highest BCUT2D eigenvalue weighted by Crippen LogP contribution is 2.40. The topological polar surface area (TPSA) is 29.5 Å². The molecule has 2 rings (SSSR count). The second-order valence-electron chi connectivity index (χ2n) is 4.00. The number of halogens is 2. The quantitative estimate of drug-likeness (QED) is 0.599. The molecule has 2 unspecified atom stereocenters. The number of carbonyl (C=O) groups is 1. The number of ether oxygens (including phenoxy) is 1. The van der Waals surface area contributed by atoms with Crippen LogP contribution in [-0.2, 0) is 9.53 Å². The highest BCUT2D eigenvalue weighted by Gasteiger charge is 2.52. The van der Waals surface area contributed by atoms with Gasteiger partial charge < -0.3 is 4.74 Å². The van der Waals surface area contributed by atoms with Gasteiger partial charge in [0.2, 0.25) is 0 Å². The summed E-state index contributed by atoms with van der Waals surface area (Å²) < 4.78 is 30.6. The summed E-state index contributed by atoms with van der Waals surface area (Å²) in [5.41, 5.74) is 0. The van der Waals surface area contributed by atoms with Crippen molar-refractivity contribution in [3.8, 4) is 0 Å². The maximum atomic E-state index is 13.0. The third-order valence-electron chi connectivity index (χ3n) is 3.06. The number of carbonyl (C=O) groups excluding carboxylic acids is 1. The zero-order valence-corrected chi connectivity index (χ0v) is 8.00. The highest BCUT2D eigenvalue weighted by molar-refractivity contribution is 5.76. The molecule has 0 radical (unpaired) electrons. The molecule has 0 aromatic heterocycles. The fourth-order valence-electron chi connectivity index (χ4n) is 2.46. The van der Waals surface area contributed by atoms with E-state index in [0.717, 1.165) is 0 Å². The lowest BCUT2D eigenvalue weighted by Gasteiger charge is -2.21. The largest absolute Gasteiger partial charge is 0.468 e. The molecule has 3 nitrogen and oxygen atoms in total. The van der Waals surface area contributed by atoms with E-state index in [2.05, 4.69) is 4.74 Å². The van der Waals surface area contributed by atoms with E-state index in [-0.39, 0.29) is 25.0 Å². The van der Waals surface area contributed by atoms with Gasteiger partial charge in [0.05, 0.1) is 13.7 Å². The first-order valence-corrected chi connectivity index (χ1v) is 4.75. The van der Waals surface area contributed by atoms with Crippen LogP contribution in [0.1, 0.15) is 19.3 Å². The molecule has 0 N–H and O–H groups in total. The molecule has 0 aromatic carbocycles. The molecular formula is C9H13F2NO2. The average molecular weight is 205 g/mol. The molecule has 2 aliphatic rings. The fraction of sp³-hybridized carbons (Fsp3) is 0.889. The van der Waals surface area contributed by atoms with Crippen molar-refractivity contribution in [2.24, 2.45) is 0 Å². The number of fused-ring (bicyclic) bond motifs is 1. The lowest BCUT2D eigenvalue weighted by Crippen LogP contribution is -2.39. The Kier molecular flexibility index (Phi) is 2.21. The van der Waals surface area contributed by atoms with Crippen molar-refractivity contribution in [1.82, 2.24) is 4.90 Å². The van der Waals surface area contributed by atoms with Gasteiger partial charge in [0, 0.05) is 12.5 Å². The lowest BCUT2D eigenvalue weighted by atomic mass is 10.1. The van der Waals surface area contributed by atoms with Crippen LogP contribution in [0.3, 0.4) is 0 Å². The van der Waals surface area contributed by atoms with Crippen molar-refractivity contribution < 1.29 is 18.3 Å². The summed E-state index contributed by atoms with van der Waals surface area (Å²) in [6.07, 6.45) is 1.21. The number of methoxy groups -OCH3 is 1. The number of esters is 1. The van der Waals surface area contributed by atoms with E-state index in [1.54, 1.807) is 4.90 Å². The van der Waals surface area contributed by atoms with E-state index in [4.69, 9.17) is 0 Å². The van der Waals surface area contributed by atoms with Crippen LogP contribution in [-0.4, -0.2) is 42.5 Å². The van der Waals surface area contributed by atoms with Gasteiger partial charge in [-0.25, -0.2) is 8.78 Å². The monoisotopic (exact) mass is 205 g/mol. The van der Waals surface area contributed by atoms with Crippen molar-refractivity contribution in [3.05, 3.63) is 0 Å². The van der Waals surface area contributed by atoms with E-state index in [1.807, 2.05) is 0 Å². The van der Waals surface area contributed by atoms with Crippen molar-refractivity contribution >= 4 is 5.97 Å². The van der Waals surface area contributed by atoms with Gasteiger partial charge in [0.1, 0.15) is 6.04 Å². The predicted molar refractivity (Wildman–Crippen MR) is 45.1 cm³/mol. The van der Waals surface area contributed by atoms with Crippen molar-refractivity contribution in [3.63, 3.8) is 0 Å². The van der Waals surface area contributed by atoms with Gasteiger partial charge in [-0.05, 0) is 12.8 Å². The highest BCUT2D eigenvalue weighted by atomic mass is 19.3.